The summed E-state index contributed by atoms with van der Waals surface area (Å²) in [5, 5.41) is 9.44. The van der Waals surface area contributed by atoms with E-state index in [9.17, 15) is 19.2 Å². The molecule has 1 atom stereocenters. The van der Waals surface area contributed by atoms with Crippen LogP contribution in [0.25, 0.3) is 11.2 Å². The SMILES string of the molecule is CC(C)=CCn1c(SCC(N)C(=O)O)nc2c1c(=O)n(CC(=O)c1ccccc1)c(=O)n2C. The van der Waals surface area contributed by atoms with E-state index >= 15 is 0 Å². The van der Waals surface area contributed by atoms with E-state index in [4.69, 9.17) is 10.8 Å². The third-order valence-electron chi connectivity index (χ3n) is 4.99. The zero-order valence-electron chi connectivity index (χ0n) is 18.5. The van der Waals surface area contributed by atoms with Crippen LogP contribution in [0.15, 0.2) is 56.7 Å². The van der Waals surface area contributed by atoms with Crippen molar-refractivity contribution in [3.63, 3.8) is 0 Å². The highest BCUT2D eigenvalue weighted by atomic mass is 32.2. The summed E-state index contributed by atoms with van der Waals surface area (Å²) in [5.74, 6) is -1.49. The molecule has 2 aromatic heterocycles. The molecule has 2 heterocycles. The van der Waals surface area contributed by atoms with Gasteiger partial charge in [-0.2, -0.15) is 0 Å². The number of carboxylic acids is 1. The molecule has 0 aliphatic carbocycles. The van der Waals surface area contributed by atoms with Crippen LogP contribution in [0, 0.1) is 0 Å². The van der Waals surface area contributed by atoms with Gasteiger partial charge in [0.15, 0.2) is 22.1 Å². The summed E-state index contributed by atoms with van der Waals surface area (Å²) < 4.78 is 3.73. The Morgan fingerprint density at radius 2 is 1.85 bits per heavy atom. The lowest BCUT2D eigenvalue weighted by Gasteiger charge is -2.10. The lowest BCUT2D eigenvalue weighted by molar-refractivity contribution is -0.137. The topological polar surface area (TPSA) is 142 Å². The van der Waals surface area contributed by atoms with Crippen molar-refractivity contribution in [3.05, 3.63) is 68.4 Å². The number of aryl methyl sites for hydroxylation is 1. The second-order valence-electron chi connectivity index (χ2n) is 7.74. The highest BCUT2D eigenvalue weighted by molar-refractivity contribution is 7.99. The molecule has 3 rings (SSSR count). The van der Waals surface area contributed by atoms with E-state index in [-0.39, 0.29) is 29.2 Å². The average Bonchev–Trinajstić information content (AvgIpc) is 3.16. The highest BCUT2D eigenvalue weighted by Crippen LogP contribution is 2.22. The molecule has 0 saturated heterocycles. The number of carbonyl (C=O) groups excluding carboxylic acids is 1. The number of benzene rings is 1. The average molecular weight is 472 g/mol. The summed E-state index contributed by atoms with van der Waals surface area (Å²) in [6.07, 6.45) is 1.88. The summed E-state index contributed by atoms with van der Waals surface area (Å²) in [4.78, 5) is 54.5. The second kappa shape index (κ2) is 10.0. The van der Waals surface area contributed by atoms with Gasteiger partial charge in [-0.25, -0.2) is 9.78 Å². The maximum absolute atomic E-state index is 13.4. The predicted molar refractivity (Wildman–Crippen MR) is 126 cm³/mol. The molecule has 0 aliphatic heterocycles. The number of imidazole rings is 1. The van der Waals surface area contributed by atoms with Crippen molar-refractivity contribution >= 4 is 34.7 Å². The minimum absolute atomic E-state index is 0.0299. The van der Waals surface area contributed by atoms with Crippen LogP contribution in [0.1, 0.15) is 24.2 Å². The van der Waals surface area contributed by atoms with E-state index in [1.807, 2.05) is 19.9 Å². The molecular weight excluding hydrogens is 446 g/mol. The van der Waals surface area contributed by atoms with Gasteiger partial charge >= 0.3 is 11.7 Å². The number of allylic oxidation sites excluding steroid dienone is 2. The van der Waals surface area contributed by atoms with Gasteiger partial charge in [0, 0.05) is 24.9 Å². The molecule has 0 radical (unpaired) electrons. The first-order chi connectivity index (χ1) is 15.6. The molecule has 174 valence electrons. The fraction of sp³-hybridized carbons (Fsp3) is 0.318. The van der Waals surface area contributed by atoms with Gasteiger partial charge in [0.1, 0.15) is 6.04 Å². The maximum atomic E-state index is 13.4. The molecule has 1 unspecified atom stereocenters. The van der Waals surface area contributed by atoms with Gasteiger partial charge in [-0.15, -0.1) is 0 Å². The van der Waals surface area contributed by atoms with Crippen LogP contribution < -0.4 is 17.0 Å². The summed E-state index contributed by atoms with van der Waals surface area (Å²) >= 11 is 1.09. The number of aliphatic carboxylic acids is 1. The minimum Gasteiger partial charge on any atom is -0.480 e. The molecule has 10 nitrogen and oxygen atoms in total. The highest BCUT2D eigenvalue weighted by Gasteiger charge is 2.23. The lowest BCUT2D eigenvalue weighted by Crippen LogP contribution is -2.41. The first-order valence-electron chi connectivity index (χ1n) is 10.1. The number of nitrogens with two attached hydrogens (primary N) is 1. The number of Topliss-reactive ketones (excluding diaryl/α,β-unsaturated/α-hetero) is 1. The molecule has 0 spiro atoms. The van der Waals surface area contributed by atoms with Crippen molar-refractivity contribution in [2.24, 2.45) is 12.8 Å². The number of rotatable bonds is 9. The zero-order valence-corrected chi connectivity index (χ0v) is 19.3. The van der Waals surface area contributed by atoms with Gasteiger partial charge in [0.25, 0.3) is 5.56 Å². The van der Waals surface area contributed by atoms with E-state index in [1.165, 1.54) is 11.6 Å². The van der Waals surface area contributed by atoms with Gasteiger partial charge in [-0.3, -0.25) is 23.5 Å². The Labute approximate surface area is 193 Å². The number of nitrogens with zero attached hydrogens (tertiary/aromatic N) is 4. The Morgan fingerprint density at radius 3 is 2.45 bits per heavy atom. The number of ketones is 1. The monoisotopic (exact) mass is 471 g/mol. The fourth-order valence-electron chi connectivity index (χ4n) is 3.14. The van der Waals surface area contributed by atoms with Gasteiger partial charge in [0.05, 0.1) is 6.54 Å². The third-order valence-corrected chi connectivity index (χ3v) is 6.08. The molecule has 0 amide bonds. The van der Waals surface area contributed by atoms with Crippen LogP contribution >= 0.6 is 11.8 Å². The molecule has 11 heteroatoms. The molecule has 1 aromatic carbocycles. The van der Waals surface area contributed by atoms with Crippen molar-refractivity contribution in [2.45, 2.75) is 38.1 Å². The quantitative estimate of drug-likeness (QED) is 0.270. The number of hydrogen-bond acceptors (Lipinski definition) is 7. The van der Waals surface area contributed by atoms with Crippen molar-refractivity contribution < 1.29 is 14.7 Å². The molecule has 0 bridgehead atoms. The Bertz CT molecular complexity index is 1350. The molecule has 3 aromatic rings. The second-order valence-corrected chi connectivity index (χ2v) is 8.72. The number of carboxylic acid groups (broad SMARTS) is 1. The van der Waals surface area contributed by atoms with Gasteiger partial charge in [-0.05, 0) is 13.8 Å². The van der Waals surface area contributed by atoms with Gasteiger partial charge < -0.3 is 15.4 Å². The van der Waals surface area contributed by atoms with Gasteiger partial charge in [0.2, 0.25) is 0 Å². The van der Waals surface area contributed by atoms with E-state index < -0.39 is 29.8 Å². The largest absolute Gasteiger partial charge is 0.480 e. The standard InChI is InChI=1S/C22H25N5O5S/c1-13(2)9-10-26-17-18(24-21(26)33-12-15(23)20(30)31)25(3)22(32)27(19(17)29)11-16(28)14-7-5-4-6-8-14/h4-9,15H,10-12,23H2,1-3H3,(H,30,31). The predicted octanol–water partition coefficient (Wildman–Crippen LogP) is 1.25. The Morgan fingerprint density at radius 1 is 1.18 bits per heavy atom. The molecule has 0 fully saturated rings. The first kappa shape index (κ1) is 24.2. The van der Waals surface area contributed by atoms with Crippen LogP contribution in [-0.2, 0) is 24.9 Å². The maximum Gasteiger partial charge on any atom is 0.332 e. The number of fused-ring (bicyclic) bond motifs is 1. The summed E-state index contributed by atoms with van der Waals surface area (Å²) in [5.41, 5.74) is 6.02. The minimum atomic E-state index is -1.15. The molecule has 0 aliphatic rings. The smallest absolute Gasteiger partial charge is 0.332 e. The van der Waals surface area contributed by atoms with Gasteiger partial charge in [-0.1, -0.05) is 53.7 Å². The Hall–Kier alpha value is -3.44. The number of hydrogen-bond donors (Lipinski definition) is 2. The molecule has 33 heavy (non-hydrogen) atoms. The van der Waals surface area contributed by atoms with Crippen molar-refractivity contribution in [2.75, 3.05) is 5.75 Å². The van der Waals surface area contributed by atoms with E-state index in [1.54, 1.807) is 34.9 Å². The van der Waals surface area contributed by atoms with Crippen LogP contribution in [-0.4, -0.2) is 47.3 Å². The molecule has 3 N–H and O–H groups in total. The molecule has 0 saturated carbocycles. The summed E-state index contributed by atoms with van der Waals surface area (Å²) in [7, 11) is 1.48. The van der Waals surface area contributed by atoms with E-state index in [2.05, 4.69) is 4.98 Å². The van der Waals surface area contributed by atoms with Crippen LogP contribution in [0.3, 0.4) is 0 Å². The van der Waals surface area contributed by atoms with Crippen molar-refractivity contribution in [1.29, 1.82) is 0 Å². The van der Waals surface area contributed by atoms with Crippen LogP contribution in [0.5, 0.6) is 0 Å². The number of thioether (sulfide) groups is 1. The lowest BCUT2D eigenvalue weighted by atomic mass is 10.1. The Balaban J connectivity index is 2.15. The van der Waals surface area contributed by atoms with Crippen molar-refractivity contribution in [3.8, 4) is 0 Å². The summed E-state index contributed by atoms with van der Waals surface area (Å²) in [6.45, 7) is 3.67. The van der Waals surface area contributed by atoms with Crippen LogP contribution in [0.4, 0.5) is 0 Å². The number of aromatic nitrogens is 4. The van der Waals surface area contributed by atoms with Crippen molar-refractivity contribution in [1.82, 2.24) is 18.7 Å². The van der Waals surface area contributed by atoms with E-state index in [0.29, 0.717) is 10.7 Å². The normalized spacial score (nSPS) is 12.0. The fourth-order valence-corrected chi connectivity index (χ4v) is 4.08. The summed E-state index contributed by atoms with van der Waals surface area (Å²) in [6, 6.07) is 7.31. The zero-order chi connectivity index (χ0) is 24.3. The van der Waals surface area contributed by atoms with Crippen LogP contribution in [0.2, 0.25) is 0 Å². The first-order valence-corrected chi connectivity index (χ1v) is 11.1. The molecular formula is C22H25N5O5S. The Kier molecular flexibility index (Phi) is 7.34. The third kappa shape index (κ3) is 5.15. The van der Waals surface area contributed by atoms with E-state index in [0.717, 1.165) is 21.9 Å². The number of carbonyl (C=O) groups is 2.